The summed E-state index contributed by atoms with van der Waals surface area (Å²) in [6.45, 7) is 0.987. The Morgan fingerprint density at radius 3 is 2.56 bits per heavy atom. The average molecular weight is 469 g/mol. The second kappa shape index (κ2) is 7.99. The number of aromatic hydroxyl groups is 2. The molecule has 170 valence electrons. The molecular weight excluding hydrogens is 449 g/mol. The first-order valence-electron chi connectivity index (χ1n) is 9.83. The molecule has 6 nitrogen and oxygen atoms in total. The number of likely N-dealkylation sites (N-methyl/N-ethyl adjacent to an activating group) is 1. The number of phenols is 2. The van der Waals surface area contributed by atoms with Crippen molar-refractivity contribution in [2.45, 2.75) is 24.6 Å². The fourth-order valence-corrected chi connectivity index (χ4v) is 4.67. The summed E-state index contributed by atoms with van der Waals surface area (Å²) in [5.41, 5.74) is 4.72. The Morgan fingerprint density at radius 1 is 1.22 bits per heavy atom. The molecule has 3 aromatic rings. The molecule has 4 N–H and O–H groups in total. The molecule has 1 saturated heterocycles. The molecule has 0 bridgehead atoms. The van der Waals surface area contributed by atoms with Gasteiger partial charge < -0.3 is 25.3 Å². The second-order valence-corrected chi connectivity index (χ2v) is 8.29. The van der Waals surface area contributed by atoms with E-state index < -0.39 is 22.9 Å². The van der Waals surface area contributed by atoms with Gasteiger partial charge in [0.2, 0.25) is 0 Å². The van der Waals surface area contributed by atoms with Crippen molar-refractivity contribution in [1.82, 2.24) is 4.90 Å². The van der Waals surface area contributed by atoms with Crippen LogP contribution in [0.5, 0.6) is 11.5 Å². The number of phenolic OH excluding ortho intramolecular Hbond substituents is 2. The number of nitrogens with zero attached hydrogens (tertiary/aromatic N) is 1. The van der Waals surface area contributed by atoms with Crippen LogP contribution in [0.25, 0.3) is 22.3 Å². The zero-order chi connectivity index (χ0) is 23.4. The van der Waals surface area contributed by atoms with Gasteiger partial charge in [0.15, 0.2) is 5.43 Å². The molecule has 1 aliphatic heterocycles. The predicted molar refractivity (Wildman–Crippen MR) is 114 cm³/mol. The van der Waals surface area contributed by atoms with Gasteiger partial charge >= 0.3 is 6.18 Å². The lowest BCUT2D eigenvalue weighted by atomic mass is 9.89. The fraction of sp³-hybridized carbons (Fsp3) is 0.318. The lowest BCUT2D eigenvalue weighted by Gasteiger charge is -2.25. The Balaban J connectivity index is 1.96. The number of likely N-dealkylation sites (tertiary alicyclic amines) is 1. The molecule has 1 aromatic heterocycles. The summed E-state index contributed by atoms with van der Waals surface area (Å²) in [7, 11) is 1.89. The quantitative estimate of drug-likeness (QED) is 0.530. The minimum atomic E-state index is -4.58. The molecule has 0 aliphatic carbocycles. The molecule has 1 fully saturated rings. The van der Waals surface area contributed by atoms with Gasteiger partial charge in [-0.1, -0.05) is 11.6 Å². The van der Waals surface area contributed by atoms with E-state index in [2.05, 4.69) is 0 Å². The number of rotatable bonds is 3. The molecule has 1 aliphatic rings. The van der Waals surface area contributed by atoms with Crippen LogP contribution in [0.3, 0.4) is 0 Å². The van der Waals surface area contributed by atoms with E-state index in [4.69, 9.17) is 21.8 Å². The van der Waals surface area contributed by atoms with Gasteiger partial charge in [0, 0.05) is 41.8 Å². The summed E-state index contributed by atoms with van der Waals surface area (Å²) in [6.07, 6.45) is -3.95. The number of hydrogen-bond acceptors (Lipinski definition) is 6. The fourth-order valence-electron chi connectivity index (χ4n) is 4.39. The number of nitrogens with two attached hydrogens (primary N) is 1. The van der Waals surface area contributed by atoms with Gasteiger partial charge in [-0.3, -0.25) is 4.79 Å². The second-order valence-electron chi connectivity index (χ2n) is 7.88. The Hall–Kier alpha value is -2.75. The van der Waals surface area contributed by atoms with E-state index in [9.17, 15) is 28.2 Å². The number of benzene rings is 2. The van der Waals surface area contributed by atoms with Crippen LogP contribution in [-0.2, 0) is 6.18 Å². The highest BCUT2D eigenvalue weighted by Crippen LogP contribution is 2.44. The first kappa shape index (κ1) is 22.4. The van der Waals surface area contributed by atoms with Crippen LogP contribution < -0.4 is 11.2 Å². The van der Waals surface area contributed by atoms with E-state index in [1.54, 1.807) is 0 Å². The van der Waals surface area contributed by atoms with Crippen LogP contribution in [0.4, 0.5) is 13.2 Å². The lowest BCUT2D eigenvalue weighted by molar-refractivity contribution is -0.137. The van der Waals surface area contributed by atoms with Crippen molar-refractivity contribution in [3.8, 4) is 22.8 Å². The topological polar surface area (TPSA) is 99.9 Å². The van der Waals surface area contributed by atoms with Crippen LogP contribution in [0.15, 0.2) is 39.5 Å². The van der Waals surface area contributed by atoms with Gasteiger partial charge in [-0.25, -0.2) is 0 Å². The third-order valence-corrected chi connectivity index (χ3v) is 6.31. The van der Waals surface area contributed by atoms with Crippen molar-refractivity contribution in [1.29, 1.82) is 0 Å². The maximum absolute atomic E-state index is 13.0. The monoisotopic (exact) mass is 468 g/mol. The third-order valence-electron chi connectivity index (χ3n) is 6.00. The SMILES string of the molecule is CN1CC[C@@H](c2c(O)cc(O)c3c(=O)cc(-c4ccc(C(F)(F)F)cc4Cl)oc23)[C@@H]1CN. The van der Waals surface area contributed by atoms with Crippen LogP contribution >= 0.6 is 11.6 Å². The molecule has 2 atom stereocenters. The molecule has 10 heteroatoms. The molecule has 0 saturated carbocycles. The van der Waals surface area contributed by atoms with E-state index in [0.29, 0.717) is 18.5 Å². The highest BCUT2D eigenvalue weighted by Gasteiger charge is 2.36. The van der Waals surface area contributed by atoms with Crippen LogP contribution in [0, 0.1) is 0 Å². The lowest BCUT2D eigenvalue weighted by Crippen LogP contribution is -2.35. The third kappa shape index (κ3) is 3.70. The molecule has 32 heavy (non-hydrogen) atoms. The van der Waals surface area contributed by atoms with Gasteiger partial charge in [0.05, 0.1) is 10.6 Å². The van der Waals surface area contributed by atoms with E-state index in [1.807, 2.05) is 11.9 Å². The molecule has 2 aromatic carbocycles. The molecule has 0 radical (unpaired) electrons. The van der Waals surface area contributed by atoms with Gasteiger partial charge in [-0.2, -0.15) is 13.2 Å². The Morgan fingerprint density at radius 2 is 1.94 bits per heavy atom. The summed E-state index contributed by atoms with van der Waals surface area (Å²) in [6, 6.07) is 4.70. The summed E-state index contributed by atoms with van der Waals surface area (Å²) in [4.78, 5) is 14.9. The Bertz CT molecular complexity index is 1260. The Labute approximate surface area is 185 Å². The van der Waals surface area contributed by atoms with Crippen molar-refractivity contribution >= 4 is 22.6 Å². The van der Waals surface area contributed by atoms with Gasteiger partial charge in [0.1, 0.15) is 28.2 Å². The predicted octanol–water partition coefficient (Wildman–Crippen LogP) is 4.29. The Kier molecular flexibility index (Phi) is 5.60. The molecule has 0 unspecified atom stereocenters. The normalized spacial score (nSPS) is 19.7. The minimum Gasteiger partial charge on any atom is -0.507 e. The van der Waals surface area contributed by atoms with Crippen molar-refractivity contribution in [3.05, 3.63) is 56.7 Å². The summed E-state index contributed by atoms with van der Waals surface area (Å²) >= 11 is 6.08. The van der Waals surface area contributed by atoms with Crippen LogP contribution in [0.2, 0.25) is 5.02 Å². The summed E-state index contributed by atoms with van der Waals surface area (Å²) in [5, 5.41) is 20.6. The molecular formula is C22H20ClF3N2O4. The van der Waals surface area contributed by atoms with Crippen molar-refractivity contribution in [2.24, 2.45) is 5.73 Å². The van der Waals surface area contributed by atoms with Crippen molar-refractivity contribution in [2.75, 3.05) is 20.1 Å². The number of fused-ring (bicyclic) bond motifs is 1. The zero-order valence-corrected chi connectivity index (χ0v) is 17.7. The highest BCUT2D eigenvalue weighted by atomic mass is 35.5. The standard InChI is InChI=1S/C22H20ClF3N2O4/c1-28-5-4-12(14(28)9-27)19-15(29)7-16(30)20-17(31)8-18(32-21(19)20)11-3-2-10(6-13(11)23)22(24,25)26/h2-3,6-8,12,14,29-30H,4-5,9,27H2,1H3/t12-,14+/m1/s1. The molecule has 0 amide bonds. The van der Waals surface area contributed by atoms with Gasteiger partial charge in [0.25, 0.3) is 0 Å². The maximum Gasteiger partial charge on any atom is 0.416 e. The maximum atomic E-state index is 13.0. The van der Waals surface area contributed by atoms with Crippen molar-refractivity contribution < 1.29 is 27.8 Å². The van der Waals surface area contributed by atoms with E-state index in [0.717, 1.165) is 30.3 Å². The summed E-state index contributed by atoms with van der Waals surface area (Å²) in [5.74, 6) is -1.08. The number of hydrogen-bond donors (Lipinski definition) is 3. The largest absolute Gasteiger partial charge is 0.507 e. The molecule has 2 heterocycles. The zero-order valence-electron chi connectivity index (χ0n) is 16.9. The van der Waals surface area contributed by atoms with E-state index in [-0.39, 0.29) is 51.6 Å². The van der Waals surface area contributed by atoms with Crippen molar-refractivity contribution in [3.63, 3.8) is 0 Å². The van der Waals surface area contributed by atoms with E-state index >= 15 is 0 Å². The number of halogens is 4. The highest BCUT2D eigenvalue weighted by molar-refractivity contribution is 6.33. The first-order chi connectivity index (χ1) is 15.0. The van der Waals surface area contributed by atoms with Crippen LogP contribution in [-0.4, -0.2) is 41.3 Å². The van der Waals surface area contributed by atoms with E-state index in [1.165, 1.54) is 0 Å². The number of alkyl halides is 3. The van der Waals surface area contributed by atoms with Gasteiger partial charge in [-0.15, -0.1) is 0 Å². The summed E-state index contributed by atoms with van der Waals surface area (Å²) < 4.78 is 44.9. The molecule has 4 rings (SSSR count). The molecule has 0 spiro atoms. The van der Waals surface area contributed by atoms with Gasteiger partial charge in [-0.05, 0) is 38.2 Å². The first-order valence-corrected chi connectivity index (χ1v) is 10.2. The van der Waals surface area contributed by atoms with Crippen LogP contribution in [0.1, 0.15) is 23.5 Å². The minimum absolute atomic E-state index is 0.0419. The average Bonchev–Trinajstić information content (AvgIpc) is 3.06. The smallest absolute Gasteiger partial charge is 0.416 e.